The van der Waals surface area contributed by atoms with Crippen LogP contribution in [0.4, 0.5) is 0 Å². The second-order valence-electron chi connectivity index (χ2n) is 3.45. The summed E-state index contributed by atoms with van der Waals surface area (Å²) in [5.74, 6) is 0.391. The Hall–Kier alpha value is -0.790. The summed E-state index contributed by atoms with van der Waals surface area (Å²) in [4.78, 5) is 11.0. The van der Waals surface area contributed by atoms with Crippen LogP contribution in [0.1, 0.15) is 25.7 Å². The fourth-order valence-electron chi connectivity index (χ4n) is 1.92. The molecule has 1 saturated carbocycles. The second kappa shape index (κ2) is 2.36. The molecule has 1 aliphatic heterocycles. The van der Waals surface area contributed by atoms with Gasteiger partial charge in [0, 0.05) is 0 Å². The van der Waals surface area contributed by atoms with Crippen LogP contribution in [-0.4, -0.2) is 12.1 Å². The van der Waals surface area contributed by atoms with Crippen LogP contribution in [-0.2, 0) is 9.53 Å². The fraction of sp³-hybridized carbons (Fsp3) is 0.667. The minimum absolute atomic E-state index is 0.0351. The number of fused-ring (bicyclic) bond motifs is 2. The van der Waals surface area contributed by atoms with E-state index in [1.807, 2.05) is 0 Å². The first-order chi connectivity index (χ1) is 5.25. The number of esters is 1. The van der Waals surface area contributed by atoms with E-state index in [9.17, 15) is 4.79 Å². The summed E-state index contributed by atoms with van der Waals surface area (Å²) in [6.07, 6.45) is 3.82. The standard InChI is InChI=1S/C9H12O2/c1-6-2-3-8-4-7(6)5-9(10)11-8/h7-8H,1-5H2/t7-,8+/m1/s1. The highest BCUT2D eigenvalue weighted by Gasteiger charge is 2.33. The normalized spacial score (nSPS) is 36.7. The van der Waals surface area contributed by atoms with Gasteiger partial charge in [-0.05, 0) is 25.2 Å². The molecule has 0 aromatic rings. The minimum Gasteiger partial charge on any atom is -0.462 e. The van der Waals surface area contributed by atoms with Crippen molar-refractivity contribution in [3.05, 3.63) is 12.2 Å². The van der Waals surface area contributed by atoms with E-state index < -0.39 is 0 Å². The Kier molecular flexibility index (Phi) is 1.48. The van der Waals surface area contributed by atoms with Crippen molar-refractivity contribution in [3.63, 3.8) is 0 Å². The topological polar surface area (TPSA) is 26.3 Å². The first-order valence-corrected chi connectivity index (χ1v) is 4.13. The summed E-state index contributed by atoms with van der Waals surface area (Å²) in [5, 5.41) is 0. The molecule has 2 aliphatic rings. The Morgan fingerprint density at radius 3 is 3.18 bits per heavy atom. The third-order valence-electron chi connectivity index (χ3n) is 2.62. The lowest BCUT2D eigenvalue weighted by Crippen LogP contribution is -2.33. The predicted octanol–water partition coefficient (Wildman–Crippen LogP) is 1.66. The third-order valence-corrected chi connectivity index (χ3v) is 2.62. The Bertz CT molecular complexity index is 208. The zero-order valence-corrected chi connectivity index (χ0v) is 6.51. The van der Waals surface area contributed by atoms with Gasteiger partial charge in [-0.2, -0.15) is 0 Å². The zero-order valence-electron chi connectivity index (χ0n) is 6.51. The van der Waals surface area contributed by atoms with E-state index in [1.54, 1.807) is 0 Å². The van der Waals surface area contributed by atoms with Crippen molar-refractivity contribution in [2.45, 2.75) is 31.8 Å². The van der Waals surface area contributed by atoms with Crippen LogP contribution in [0.3, 0.4) is 0 Å². The van der Waals surface area contributed by atoms with Gasteiger partial charge < -0.3 is 4.74 Å². The van der Waals surface area contributed by atoms with Gasteiger partial charge in [0.05, 0.1) is 6.42 Å². The molecule has 0 aromatic heterocycles. The van der Waals surface area contributed by atoms with E-state index in [0.29, 0.717) is 12.3 Å². The van der Waals surface area contributed by atoms with Gasteiger partial charge in [-0.3, -0.25) is 4.79 Å². The second-order valence-corrected chi connectivity index (χ2v) is 3.45. The van der Waals surface area contributed by atoms with Crippen molar-refractivity contribution in [1.29, 1.82) is 0 Å². The molecular weight excluding hydrogens is 140 g/mol. The van der Waals surface area contributed by atoms with Crippen molar-refractivity contribution in [2.75, 3.05) is 0 Å². The van der Waals surface area contributed by atoms with Gasteiger partial charge >= 0.3 is 5.97 Å². The number of rotatable bonds is 0. The maximum absolute atomic E-state index is 11.0. The van der Waals surface area contributed by atoms with Crippen LogP contribution in [0.25, 0.3) is 0 Å². The lowest BCUT2D eigenvalue weighted by atomic mass is 9.80. The molecule has 1 heterocycles. The maximum atomic E-state index is 11.0. The minimum atomic E-state index is -0.0351. The van der Waals surface area contributed by atoms with Crippen molar-refractivity contribution >= 4 is 5.97 Å². The van der Waals surface area contributed by atoms with Gasteiger partial charge in [0.1, 0.15) is 6.10 Å². The molecule has 2 nitrogen and oxygen atoms in total. The smallest absolute Gasteiger partial charge is 0.306 e. The van der Waals surface area contributed by atoms with Crippen LogP contribution in [0.15, 0.2) is 12.2 Å². The van der Waals surface area contributed by atoms with Crippen molar-refractivity contribution in [3.8, 4) is 0 Å². The van der Waals surface area contributed by atoms with E-state index in [1.165, 1.54) is 5.57 Å². The molecule has 0 N–H and O–H groups in total. The largest absolute Gasteiger partial charge is 0.462 e. The molecule has 60 valence electrons. The van der Waals surface area contributed by atoms with Gasteiger partial charge in [-0.25, -0.2) is 0 Å². The number of allylic oxidation sites excluding steroid dienone is 1. The predicted molar refractivity (Wildman–Crippen MR) is 41.0 cm³/mol. The quantitative estimate of drug-likeness (QED) is 0.390. The first kappa shape index (κ1) is 6.89. The van der Waals surface area contributed by atoms with Crippen LogP contribution in [0.2, 0.25) is 0 Å². The highest BCUT2D eigenvalue weighted by atomic mass is 16.5. The van der Waals surface area contributed by atoms with E-state index in [2.05, 4.69) is 6.58 Å². The Morgan fingerprint density at radius 1 is 1.55 bits per heavy atom. The fourth-order valence-corrected chi connectivity index (χ4v) is 1.92. The summed E-state index contributed by atoms with van der Waals surface area (Å²) in [6.45, 7) is 3.96. The number of hydrogen-bond donors (Lipinski definition) is 0. The van der Waals surface area contributed by atoms with E-state index in [4.69, 9.17) is 4.74 Å². The lowest BCUT2D eigenvalue weighted by Gasteiger charge is -2.34. The van der Waals surface area contributed by atoms with Gasteiger partial charge in [-0.1, -0.05) is 12.2 Å². The van der Waals surface area contributed by atoms with Gasteiger partial charge in [0.15, 0.2) is 0 Å². The number of carbonyl (C=O) groups excluding carboxylic acids is 1. The molecule has 11 heavy (non-hydrogen) atoms. The van der Waals surface area contributed by atoms with Gasteiger partial charge in [-0.15, -0.1) is 0 Å². The molecule has 1 aliphatic carbocycles. The molecule has 2 heteroatoms. The molecule has 0 unspecified atom stereocenters. The van der Waals surface area contributed by atoms with E-state index in [-0.39, 0.29) is 12.1 Å². The van der Waals surface area contributed by atoms with Crippen molar-refractivity contribution < 1.29 is 9.53 Å². The molecular formula is C9H12O2. The molecule has 1 saturated heterocycles. The molecule has 2 atom stereocenters. The highest BCUT2D eigenvalue weighted by Crippen LogP contribution is 2.36. The number of carbonyl (C=O) groups is 1. The van der Waals surface area contributed by atoms with E-state index in [0.717, 1.165) is 19.3 Å². The Labute approximate surface area is 66.2 Å². The van der Waals surface area contributed by atoms with E-state index >= 15 is 0 Å². The van der Waals surface area contributed by atoms with Crippen molar-refractivity contribution in [1.82, 2.24) is 0 Å². The molecule has 0 spiro atoms. The third kappa shape index (κ3) is 1.17. The molecule has 0 amide bonds. The van der Waals surface area contributed by atoms with Gasteiger partial charge in [0.25, 0.3) is 0 Å². The molecule has 2 bridgehead atoms. The SMILES string of the molecule is C=C1CC[C@H]2C[C@@H]1CC(=O)O2. The average Bonchev–Trinajstić information content (AvgIpc) is 1.97. The number of ether oxygens (including phenoxy) is 1. The van der Waals surface area contributed by atoms with Crippen LogP contribution in [0, 0.1) is 5.92 Å². The molecule has 2 rings (SSSR count). The highest BCUT2D eigenvalue weighted by molar-refractivity contribution is 5.71. The van der Waals surface area contributed by atoms with Crippen molar-refractivity contribution in [2.24, 2.45) is 5.92 Å². The van der Waals surface area contributed by atoms with Crippen LogP contribution in [0.5, 0.6) is 0 Å². The average molecular weight is 152 g/mol. The molecule has 2 fully saturated rings. The Morgan fingerprint density at radius 2 is 2.36 bits per heavy atom. The first-order valence-electron chi connectivity index (χ1n) is 4.13. The van der Waals surface area contributed by atoms with Crippen LogP contribution >= 0.6 is 0 Å². The lowest BCUT2D eigenvalue weighted by molar-refractivity contribution is -0.157. The molecule has 0 radical (unpaired) electrons. The van der Waals surface area contributed by atoms with Crippen LogP contribution < -0.4 is 0 Å². The molecule has 0 aromatic carbocycles. The summed E-state index contributed by atoms with van der Waals surface area (Å²) < 4.78 is 5.13. The summed E-state index contributed by atoms with van der Waals surface area (Å²) in [6, 6.07) is 0. The summed E-state index contributed by atoms with van der Waals surface area (Å²) in [5.41, 5.74) is 1.25. The monoisotopic (exact) mass is 152 g/mol. The van der Waals surface area contributed by atoms with Gasteiger partial charge in [0.2, 0.25) is 0 Å². The number of hydrogen-bond acceptors (Lipinski definition) is 2. The summed E-state index contributed by atoms with van der Waals surface area (Å²) >= 11 is 0. The maximum Gasteiger partial charge on any atom is 0.306 e. The Balaban J connectivity index is 2.14. The summed E-state index contributed by atoms with van der Waals surface area (Å²) in [7, 11) is 0. The zero-order chi connectivity index (χ0) is 7.84.